The minimum atomic E-state index is -0.642. The normalized spacial score (nSPS) is 23.0. The lowest BCUT2D eigenvalue weighted by Crippen LogP contribution is -2.41. The molecule has 7 rings (SSSR count). The molecule has 7 heteroatoms. The number of pyridine rings is 1. The van der Waals surface area contributed by atoms with E-state index in [2.05, 4.69) is 28.5 Å². The summed E-state index contributed by atoms with van der Waals surface area (Å²) in [6.45, 7) is 0.424. The minimum Gasteiger partial charge on any atom is -0.310 e. The highest BCUT2D eigenvalue weighted by Crippen LogP contribution is 2.46. The van der Waals surface area contributed by atoms with Crippen molar-refractivity contribution in [1.29, 1.82) is 0 Å². The van der Waals surface area contributed by atoms with Crippen molar-refractivity contribution in [2.24, 2.45) is 4.99 Å². The van der Waals surface area contributed by atoms with Crippen LogP contribution >= 0.6 is 11.6 Å². The molecule has 4 aliphatic rings. The minimum absolute atomic E-state index is 0.0271. The van der Waals surface area contributed by atoms with Crippen molar-refractivity contribution >= 4 is 41.1 Å². The molecular weight excluding hydrogens is 496 g/mol. The Balaban J connectivity index is 1.14. The Morgan fingerprint density at radius 3 is 2.66 bits per heavy atom. The first-order valence-electron chi connectivity index (χ1n) is 13.2. The number of rotatable bonds is 4. The van der Waals surface area contributed by atoms with E-state index in [4.69, 9.17) is 16.6 Å². The van der Waals surface area contributed by atoms with Gasteiger partial charge in [0.25, 0.3) is 5.91 Å². The summed E-state index contributed by atoms with van der Waals surface area (Å²) in [7, 11) is 0. The second-order valence-corrected chi connectivity index (χ2v) is 11.2. The molecule has 0 unspecified atom stereocenters. The summed E-state index contributed by atoms with van der Waals surface area (Å²) in [6, 6.07) is 17.9. The molecular formula is C31H27ClN4O2. The fourth-order valence-corrected chi connectivity index (χ4v) is 6.87. The smallest absolute Gasteiger partial charge is 0.256 e. The van der Waals surface area contributed by atoms with E-state index in [9.17, 15) is 9.59 Å². The number of aromatic nitrogens is 1. The number of hydrogen-bond acceptors (Lipinski definition) is 4. The Hall–Kier alpha value is -3.77. The number of hydrogen-bond donors (Lipinski definition) is 1. The number of anilines is 1. The summed E-state index contributed by atoms with van der Waals surface area (Å²) in [4.78, 5) is 37.7. The highest BCUT2D eigenvalue weighted by atomic mass is 35.5. The number of benzene rings is 2. The predicted molar refractivity (Wildman–Crippen MR) is 148 cm³/mol. The fourth-order valence-electron chi connectivity index (χ4n) is 6.65. The molecule has 3 aromatic rings. The molecule has 190 valence electrons. The van der Waals surface area contributed by atoms with Gasteiger partial charge in [0.2, 0.25) is 5.91 Å². The summed E-state index contributed by atoms with van der Waals surface area (Å²) in [5, 5.41) is 3.57. The van der Waals surface area contributed by atoms with Gasteiger partial charge in [-0.15, -0.1) is 0 Å². The van der Waals surface area contributed by atoms with Crippen LogP contribution in [-0.4, -0.2) is 39.6 Å². The van der Waals surface area contributed by atoms with E-state index in [1.165, 1.54) is 11.1 Å². The number of halogens is 1. The van der Waals surface area contributed by atoms with Gasteiger partial charge in [0.15, 0.2) is 0 Å². The molecule has 1 aromatic heterocycles. The summed E-state index contributed by atoms with van der Waals surface area (Å²) < 4.78 is 0. The molecule has 3 heterocycles. The van der Waals surface area contributed by atoms with Crippen LogP contribution in [0.25, 0.3) is 6.08 Å². The third-order valence-electron chi connectivity index (χ3n) is 8.57. The molecule has 0 saturated heterocycles. The van der Waals surface area contributed by atoms with Crippen LogP contribution in [0.2, 0.25) is 5.02 Å². The van der Waals surface area contributed by atoms with Crippen LogP contribution in [0.5, 0.6) is 0 Å². The van der Waals surface area contributed by atoms with Gasteiger partial charge in [-0.3, -0.25) is 19.5 Å². The van der Waals surface area contributed by atoms with E-state index >= 15 is 0 Å². The maximum absolute atomic E-state index is 13.6. The van der Waals surface area contributed by atoms with E-state index in [1.807, 2.05) is 48.6 Å². The standard InChI is InChI=1S/C31H27ClN4O2/c32-25-10-2-1-8-23(25)27-35-31(13-3-4-14-31)29(38)36(27)16-6-7-20-11-12-21-18-30(19-22(21)17-20)24-9-5-15-33-26(24)34-28(30)37/h1-2,5-12,15,17H,3-4,13-14,16,18-19H2,(H,33,34,37)/b7-6+/t30-/m1/s1. The number of amidine groups is 1. The van der Waals surface area contributed by atoms with Crippen molar-refractivity contribution in [2.45, 2.75) is 49.5 Å². The topological polar surface area (TPSA) is 74.7 Å². The monoisotopic (exact) mass is 522 g/mol. The van der Waals surface area contributed by atoms with Crippen molar-refractivity contribution in [2.75, 3.05) is 11.9 Å². The Kier molecular flexibility index (Phi) is 5.31. The number of aliphatic imine (C=N–C) groups is 1. The number of carbonyl (C=O) groups excluding carboxylic acids is 2. The van der Waals surface area contributed by atoms with Crippen LogP contribution in [0.3, 0.4) is 0 Å². The molecule has 0 radical (unpaired) electrons. The SMILES string of the molecule is O=C1N(C/C=C/c2ccc3c(c2)C[C@@]2(C3)C(=O)Nc3ncccc32)C(c2ccccc2Cl)=NC12CCCC2. The van der Waals surface area contributed by atoms with Gasteiger partial charge >= 0.3 is 0 Å². The molecule has 2 aliphatic heterocycles. The van der Waals surface area contributed by atoms with E-state index in [1.54, 1.807) is 11.1 Å². The molecule has 0 bridgehead atoms. The number of fused-ring (bicyclic) bond motifs is 3. The van der Waals surface area contributed by atoms with Gasteiger partial charge < -0.3 is 5.32 Å². The molecule has 1 N–H and O–H groups in total. The van der Waals surface area contributed by atoms with Crippen molar-refractivity contribution in [3.8, 4) is 0 Å². The second kappa shape index (κ2) is 8.63. The second-order valence-electron chi connectivity index (χ2n) is 10.8. The first kappa shape index (κ1) is 23.4. The van der Waals surface area contributed by atoms with Crippen LogP contribution in [0.15, 0.2) is 71.9 Å². The zero-order chi connectivity index (χ0) is 25.9. The maximum atomic E-state index is 13.6. The molecule has 2 aliphatic carbocycles. The average Bonchev–Trinajstić information content (AvgIpc) is 3.67. The molecule has 1 fully saturated rings. The zero-order valence-corrected chi connectivity index (χ0v) is 21.7. The number of carbonyl (C=O) groups is 2. The first-order valence-corrected chi connectivity index (χ1v) is 13.6. The Labute approximate surface area is 226 Å². The summed E-state index contributed by atoms with van der Waals surface area (Å²) in [5.41, 5.74) is 3.98. The Bertz CT molecular complexity index is 1550. The van der Waals surface area contributed by atoms with E-state index in [0.29, 0.717) is 36.1 Å². The first-order chi connectivity index (χ1) is 18.5. The van der Waals surface area contributed by atoms with Crippen molar-refractivity contribution in [3.63, 3.8) is 0 Å². The van der Waals surface area contributed by atoms with Crippen molar-refractivity contribution in [1.82, 2.24) is 9.88 Å². The lowest BCUT2D eigenvalue weighted by atomic mass is 9.79. The van der Waals surface area contributed by atoms with Crippen LogP contribution < -0.4 is 5.32 Å². The lowest BCUT2D eigenvalue weighted by Gasteiger charge is -2.21. The van der Waals surface area contributed by atoms with Gasteiger partial charge in [0.1, 0.15) is 17.2 Å². The largest absolute Gasteiger partial charge is 0.310 e. The van der Waals surface area contributed by atoms with Crippen LogP contribution in [0, 0.1) is 0 Å². The molecule has 6 nitrogen and oxygen atoms in total. The molecule has 38 heavy (non-hydrogen) atoms. The van der Waals surface area contributed by atoms with Crippen molar-refractivity contribution < 1.29 is 9.59 Å². The van der Waals surface area contributed by atoms with Gasteiger partial charge in [0, 0.05) is 23.9 Å². The fraction of sp³-hybridized carbons (Fsp3) is 0.290. The quantitative estimate of drug-likeness (QED) is 0.502. The van der Waals surface area contributed by atoms with Crippen LogP contribution in [0.4, 0.5) is 5.82 Å². The third-order valence-corrected chi connectivity index (χ3v) is 8.90. The number of nitrogens with zero attached hydrogens (tertiary/aromatic N) is 3. The van der Waals surface area contributed by atoms with E-state index < -0.39 is 11.0 Å². The Morgan fingerprint density at radius 2 is 1.82 bits per heavy atom. The highest BCUT2D eigenvalue weighted by Gasteiger charge is 2.51. The third kappa shape index (κ3) is 3.47. The predicted octanol–water partition coefficient (Wildman–Crippen LogP) is 5.34. The summed E-state index contributed by atoms with van der Waals surface area (Å²) in [6.07, 6.45) is 10.7. The maximum Gasteiger partial charge on any atom is 0.256 e. The highest BCUT2D eigenvalue weighted by molar-refractivity contribution is 6.35. The number of amides is 2. The van der Waals surface area contributed by atoms with Crippen LogP contribution in [-0.2, 0) is 27.8 Å². The van der Waals surface area contributed by atoms with Crippen molar-refractivity contribution in [3.05, 3.63) is 99.7 Å². The van der Waals surface area contributed by atoms with Gasteiger partial charge in [-0.05, 0) is 60.6 Å². The molecule has 2 aromatic carbocycles. The van der Waals surface area contributed by atoms with Crippen LogP contribution in [0.1, 0.15) is 53.5 Å². The van der Waals surface area contributed by atoms with Gasteiger partial charge in [-0.2, -0.15) is 0 Å². The van der Waals surface area contributed by atoms with E-state index in [-0.39, 0.29) is 11.8 Å². The number of nitrogens with one attached hydrogen (secondary N) is 1. The molecule has 2 spiro atoms. The Morgan fingerprint density at radius 1 is 1.00 bits per heavy atom. The summed E-state index contributed by atoms with van der Waals surface area (Å²) in [5.74, 6) is 1.45. The lowest BCUT2D eigenvalue weighted by molar-refractivity contribution is -0.130. The van der Waals surface area contributed by atoms with E-state index in [0.717, 1.165) is 42.4 Å². The average molecular weight is 523 g/mol. The van der Waals surface area contributed by atoms with Gasteiger partial charge in [-0.1, -0.05) is 73.0 Å². The molecule has 1 saturated carbocycles. The van der Waals surface area contributed by atoms with Gasteiger partial charge in [0.05, 0.1) is 10.4 Å². The molecule has 2 amide bonds. The summed E-state index contributed by atoms with van der Waals surface area (Å²) >= 11 is 6.52. The van der Waals surface area contributed by atoms with Gasteiger partial charge in [-0.25, -0.2) is 4.98 Å². The molecule has 1 atom stereocenters. The zero-order valence-electron chi connectivity index (χ0n) is 20.9.